The number of rotatable bonds is 4. The van der Waals surface area contributed by atoms with Gasteiger partial charge in [0.25, 0.3) is 0 Å². The third-order valence-corrected chi connectivity index (χ3v) is 4.44. The monoisotopic (exact) mass is 223 g/mol. The van der Waals surface area contributed by atoms with Gasteiger partial charge in [0, 0.05) is 10.9 Å². The second-order valence-electron chi connectivity index (χ2n) is 4.73. The molecule has 0 radical (unpaired) electrons. The number of thiophene rings is 1. The van der Waals surface area contributed by atoms with E-state index >= 15 is 0 Å². The van der Waals surface area contributed by atoms with Crippen molar-refractivity contribution in [1.29, 1.82) is 0 Å². The lowest BCUT2D eigenvalue weighted by Crippen LogP contribution is -2.26. The van der Waals surface area contributed by atoms with Gasteiger partial charge in [-0.3, -0.25) is 0 Å². The highest BCUT2D eigenvalue weighted by Gasteiger charge is 2.29. The largest absolute Gasteiger partial charge is 0.309 e. The number of hydrogen-bond donors (Lipinski definition) is 1. The van der Waals surface area contributed by atoms with Crippen LogP contribution in [0.1, 0.15) is 44.0 Å². The summed E-state index contributed by atoms with van der Waals surface area (Å²) in [6.45, 7) is 5.67. The van der Waals surface area contributed by atoms with Crippen LogP contribution < -0.4 is 5.32 Å². The molecule has 1 nitrogen and oxygen atoms in total. The van der Waals surface area contributed by atoms with Crippen molar-refractivity contribution in [2.24, 2.45) is 11.8 Å². The Bertz CT molecular complexity index is 281. The van der Waals surface area contributed by atoms with E-state index < -0.39 is 0 Å². The predicted molar refractivity (Wildman–Crippen MR) is 67.2 cm³/mol. The molecule has 0 aromatic carbocycles. The summed E-state index contributed by atoms with van der Waals surface area (Å²) >= 11 is 1.90. The van der Waals surface area contributed by atoms with Gasteiger partial charge < -0.3 is 5.32 Å². The van der Waals surface area contributed by atoms with Gasteiger partial charge in [-0.25, -0.2) is 0 Å². The summed E-state index contributed by atoms with van der Waals surface area (Å²) in [5.41, 5.74) is 0. The molecule has 1 saturated carbocycles. The first-order valence-electron chi connectivity index (χ1n) is 6.08. The van der Waals surface area contributed by atoms with E-state index in [2.05, 4.69) is 36.7 Å². The average molecular weight is 223 g/mol. The van der Waals surface area contributed by atoms with Gasteiger partial charge in [0.2, 0.25) is 0 Å². The Balaban J connectivity index is 2.06. The van der Waals surface area contributed by atoms with Crippen molar-refractivity contribution in [3.05, 3.63) is 22.4 Å². The van der Waals surface area contributed by atoms with Crippen LogP contribution in [0.4, 0.5) is 0 Å². The van der Waals surface area contributed by atoms with Gasteiger partial charge in [-0.15, -0.1) is 11.3 Å². The van der Waals surface area contributed by atoms with Crippen molar-refractivity contribution in [3.8, 4) is 0 Å². The Morgan fingerprint density at radius 1 is 1.53 bits per heavy atom. The van der Waals surface area contributed by atoms with Gasteiger partial charge in [0.15, 0.2) is 0 Å². The van der Waals surface area contributed by atoms with Crippen LogP contribution in [0.25, 0.3) is 0 Å². The van der Waals surface area contributed by atoms with Crippen molar-refractivity contribution in [2.75, 3.05) is 6.54 Å². The second kappa shape index (κ2) is 5.13. The van der Waals surface area contributed by atoms with Crippen molar-refractivity contribution in [1.82, 2.24) is 5.32 Å². The fraction of sp³-hybridized carbons (Fsp3) is 0.692. The third kappa shape index (κ3) is 2.61. The molecule has 1 heterocycles. The van der Waals surface area contributed by atoms with Crippen LogP contribution in [0, 0.1) is 11.8 Å². The summed E-state index contributed by atoms with van der Waals surface area (Å²) in [5, 5.41) is 5.85. The van der Waals surface area contributed by atoms with Gasteiger partial charge in [-0.1, -0.05) is 26.3 Å². The van der Waals surface area contributed by atoms with E-state index in [0.717, 1.165) is 18.4 Å². The molecule has 0 spiro atoms. The minimum absolute atomic E-state index is 0.611. The first-order valence-corrected chi connectivity index (χ1v) is 6.96. The lowest BCUT2D eigenvalue weighted by molar-refractivity contribution is 0.370. The molecule has 0 amide bonds. The number of nitrogens with one attached hydrogen (secondary N) is 1. The van der Waals surface area contributed by atoms with E-state index in [9.17, 15) is 0 Å². The third-order valence-electron chi connectivity index (χ3n) is 3.48. The standard InChI is InChI=1S/C13H21NS/c1-3-14-13(12-5-4-8-15-12)11-7-6-10(2)9-11/h4-5,8,10-11,13-14H,3,6-7,9H2,1-2H3. The lowest BCUT2D eigenvalue weighted by atomic mass is 9.95. The van der Waals surface area contributed by atoms with Crippen LogP contribution in [-0.4, -0.2) is 6.54 Å². The SMILES string of the molecule is CCNC(c1cccs1)C1CCC(C)C1. The maximum absolute atomic E-state index is 3.66. The molecule has 84 valence electrons. The van der Waals surface area contributed by atoms with E-state index in [-0.39, 0.29) is 0 Å². The van der Waals surface area contributed by atoms with Gasteiger partial charge in [-0.05, 0) is 42.7 Å². The summed E-state index contributed by atoms with van der Waals surface area (Å²) in [6.07, 6.45) is 4.21. The summed E-state index contributed by atoms with van der Waals surface area (Å²) < 4.78 is 0. The molecule has 1 N–H and O–H groups in total. The minimum Gasteiger partial charge on any atom is -0.309 e. The summed E-state index contributed by atoms with van der Waals surface area (Å²) in [6, 6.07) is 5.06. The van der Waals surface area contributed by atoms with Gasteiger partial charge in [0.1, 0.15) is 0 Å². The van der Waals surface area contributed by atoms with Crippen LogP contribution in [0.15, 0.2) is 17.5 Å². The van der Waals surface area contributed by atoms with Crippen LogP contribution in [-0.2, 0) is 0 Å². The molecular formula is C13H21NS. The zero-order valence-electron chi connectivity index (χ0n) is 9.70. The Labute approximate surface area is 96.9 Å². The zero-order chi connectivity index (χ0) is 10.7. The van der Waals surface area contributed by atoms with E-state index in [4.69, 9.17) is 0 Å². The van der Waals surface area contributed by atoms with E-state index in [1.165, 1.54) is 24.1 Å². The maximum atomic E-state index is 3.66. The van der Waals surface area contributed by atoms with Crippen LogP contribution in [0.2, 0.25) is 0 Å². The molecule has 1 aliphatic rings. The highest BCUT2D eigenvalue weighted by molar-refractivity contribution is 7.10. The van der Waals surface area contributed by atoms with Gasteiger partial charge >= 0.3 is 0 Å². The molecule has 3 atom stereocenters. The quantitative estimate of drug-likeness (QED) is 0.818. The highest BCUT2D eigenvalue weighted by Crippen LogP contribution is 2.39. The number of hydrogen-bond acceptors (Lipinski definition) is 2. The Morgan fingerprint density at radius 2 is 2.40 bits per heavy atom. The maximum Gasteiger partial charge on any atom is 0.0443 e. The fourth-order valence-electron chi connectivity index (χ4n) is 2.74. The van der Waals surface area contributed by atoms with E-state index in [1.807, 2.05) is 11.3 Å². The molecule has 15 heavy (non-hydrogen) atoms. The van der Waals surface area contributed by atoms with E-state index in [1.54, 1.807) is 0 Å². The molecule has 0 aliphatic heterocycles. The predicted octanol–water partition coefficient (Wildman–Crippen LogP) is 3.83. The molecule has 1 aromatic heterocycles. The molecule has 3 unspecified atom stereocenters. The van der Waals surface area contributed by atoms with Crippen molar-refractivity contribution in [3.63, 3.8) is 0 Å². The molecule has 0 bridgehead atoms. The van der Waals surface area contributed by atoms with Crippen molar-refractivity contribution >= 4 is 11.3 Å². The topological polar surface area (TPSA) is 12.0 Å². The first-order chi connectivity index (χ1) is 7.31. The van der Waals surface area contributed by atoms with Gasteiger partial charge in [-0.2, -0.15) is 0 Å². The van der Waals surface area contributed by atoms with Crippen LogP contribution in [0.5, 0.6) is 0 Å². The normalized spacial score (nSPS) is 28.1. The van der Waals surface area contributed by atoms with Gasteiger partial charge in [0.05, 0.1) is 0 Å². The molecule has 1 aliphatic carbocycles. The molecule has 2 rings (SSSR count). The van der Waals surface area contributed by atoms with Crippen molar-refractivity contribution < 1.29 is 0 Å². The van der Waals surface area contributed by atoms with Crippen LogP contribution in [0.3, 0.4) is 0 Å². The Morgan fingerprint density at radius 3 is 2.93 bits per heavy atom. The molecule has 2 heteroatoms. The van der Waals surface area contributed by atoms with Crippen LogP contribution >= 0.6 is 11.3 Å². The molecule has 1 fully saturated rings. The molecule has 0 saturated heterocycles. The Hall–Kier alpha value is -0.340. The summed E-state index contributed by atoms with van der Waals surface area (Å²) in [4.78, 5) is 1.52. The fourth-order valence-corrected chi connectivity index (χ4v) is 3.64. The lowest BCUT2D eigenvalue weighted by Gasteiger charge is -2.23. The highest BCUT2D eigenvalue weighted by atomic mass is 32.1. The van der Waals surface area contributed by atoms with Crippen molar-refractivity contribution in [2.45, 2.75) is 39.2 Å². The Kier molecular flexibility index (Phi) is 3.81. The second-order valence-corrected chi connectivity index (χ2v) is 5.71. The zero-order valence-corrected chi connectivity index (χ0v) is 10.5. The summed E-state index contributed by atoms with van der Waals surface area (Å²) in [7, 11) is 0. The molecular weight excluding hydrogens is 202 g/mol. The average Bonchev–Trinajstić information content (AvgIpc) is 2.85. The first kappa shape index (κ1) is 11.2. The van der Waals surface area contributed by atoms with E-state index in [0.29, 0.717) is 6.04 Å². The smallest absolute Gasteiger partial charge is 0.0443 e. The molecule has 1 aromatic rings. The minimum atomic E-state index is 0.611. The summed E-state index contributed by atoms with van der Waals surface area (Å²) in [5.74, 6) is 1.79.